The van der Waals surface area contributed by atoms with Gasteiger partial charge in [-0.1, -0.05) is 34.6 Å². The number of rotatable bonds is 12. The van der Waals surface area contributed by atoms with E-state index in [4.69, 9.17) is 14.6 Å². The summed E-state index contributed by atoms with van der Waals surface area (Å²) in [6.07, 6.45) is 2.32. The number of carboxylic acids is 1. The molecule has 0 aliphatic heterocycles. The van der Waals surface area contributed by atoms with Crippen molar-refractivity contribution >= 4 is 17.9 Å². The summed E-state index contributed by atoms with van der Waals surface area (Å²) in [5, 5.41) is 8.83. The molecular formula is C19H34O6. The van der Waals surface area contributed by atoms with Gasteiger partial charge in [0.05, 0.1) is 17.3 Å². The summed E-state index contributed by atoms with van der Waals surface area (Å²) in [6, 6.07) is 0. The van der Waals surface area contributed by atoms with Crippen LogP contribution >= 0.6 is 0 Å². The molecule has 0 saturated carbocycles. The lowest BCUT2D eigenvalue weighted by molar-refractivity contribution is -0.162. The highest BCUT2D eigenvalue weighted by Gasteiger charge is 2.33. The van der Waals surface area contributed by atoms with E-state index in [1.165, 1.54) is 0 Å². The Balaban J connectivity index is 4.16. The van der Waals surface area contributed by atoms with E-state index in [2.05, 4.69) is 13.8 Å². The molecule has 0 radical (unpaired) electrons. The van der Waals surface area contributed by atoms with Crippen molar-refractivity contribution in [3.8, 4) is 0 Å². The fourth-order valence-electron chi connectivity index (χ4n) is 2.61. The fraction of sp³-hybridized carbons (Fsp3) is 0.842. The molecule has 6 nitrogen and oxygen atoms in total. The first-order valence-corrected chi connectivity index (χ1v) is 9.10. The molecule has 3 atom stereocenters. The predicted octanol–water partition coefficient (Wildman–Crippen LogP) is 3.67. The molecule has 1 N–H and O–H groups in total. The van der Waals surface area contributed by atoms with Gasteiger partial charge in [-0.05, 0) is 38.5 Å². The minimum atomic E-state index is -0.868. The maximum atomic E-state index is 12.2. The predicted molar refractivity (Wildman–Crippen MR) is 95.0 cm³/mol. The van der Waals surface area contributed by atoms with Crippen molar-refractivity contribution in [2.24, 2.45) is 23.2 Å². The third-order valence-electron chi connectivity index (χ3n) is 4.55. The summed E-state index contributed by atoms with van der Waals surface area (Å²) in [4.78, 5) is 34.9. The SMILES string of the molecule is CCC(C)(CC(C)C)C(=O)OCCOC(=O)C(C)CCC(C)C(=O)O. The van der Waals surface area contributed by atoms with Crippen molar-refractivity contribution in [2.75, 3.05) is 13.2 Å². The Bertz CT molecular complexity index is 445. The number of esters is 2. The lowest BCUT2D eigenvalue weighted by atomic mass is 9.80. The van der Waals surface area contributed by atoms with Gasteiger partial charge in [-0.2, -0.15) is 0 Å². The van der Waals surface area contributed by atoms with Gasteiger partial charge in [0, 0.05) is 0 Å². The van der Waals surface area contributed by atoms with Crippen LogP contribution in [0.3, 0.4) is 0 Å². The molecule has 0 rings (SSSR count). The molecule has 0 spiro atoms. The van der Waals surface area contributed by atoms with Gasteiger partial charge in [0.2, 0.25) is 0 Å². The Hall–Kier alpha value is -1.59. The maximum absolute atomic E-state index is 12.2. The zero-order chi connectivity index (χ0) is 19.6. The molecule has 0 aliphatic rings. The highest BCUT2D eigenvalue weighted by Crippen LogP contribution is 2.31. The number of aliphatic carboxylic acids is 1. The standard InChI is InChI=1S/C19H34O6/c1-7-19(6,12-13(2)3)18(23)25-11-10-24-17(22)15(5)9-8-14(4)16(20)21/h13-15H,7-12H2,1-6H3,(H,20,21). The Morgan fingerprint density at radius 3 is 1.96 bits per heavy atom. The van der Waals surface area contributed by atoms with E-state index >= 15 is 0 Å². The molecule has 25 heavy (non-hydrogen) atoms. The summed E-state index contributed by atoms with van der Waals surface area (Å²) >= 11 is 0. The average Bonchev–Trinajstić information content (AvgIpc) is 2.54. The number of ether oxygens (including phenoxy) is 2. The van der Waals surface area contributed by atoms with Crippen molar-refractivity contribution in [2.45, 2.75) is 67.2 Å². The summed E-state index contributed by atoms with van der Waals surface area (Å²) < 4.78 is 10.4. The van der Waals surface area contributed by atoms with E-state index in [0.717, 1.165) is 6.42 Å². The first-order valence-electron chi connectivity index (χ1n) is 9.10. The number of hydrogen-bond donors (Lipinski definition) is 1. The topological polar surface area (TPSA) is 89.9 Å². The van der Waals surface area contributed by atoms with Gasteiger partial charge in [-0.15, -0.1) is 0 Å². The third kappa shape index (κ3) is 8.89. The molecule has 0 bridgehead atoms. The summed E-state index contributed by atoms with van der Waals surface area (Å²) in [6.45, 7) is 11.4. The van der Waals surface area contributed by atoms with Crippen LogP contribution in [0.1, 0.15) is 67.2 Å². The van der Waals surface area contributed by atoms with Crippen LogP contribution < -0.4 is 0 Å². The highest BCUT2D eigenvalue weighted by molar-refractivity contribution is 5.76. The van der Waals surface area contributed by atoms with Crippen LogP contribution in [0.4, 0.5) is 0 Å². The van der Waals surface area contributed by atoms with E-state index in [0.29, 0.717) is 25.2 Å². The molecule has 0 amide bonds. The molecule has 3 unspecified atom stereocenters. The van der Waals surface area contributed by atoms with Gasteiger partial charge in [-0.25, -0.2) is 0 Å². The van der Waals surface area contributed by atoms with E-state index in [9.17, 15) is 14.4 Å². The molecule has 0 aromatic carbocycles. The first-order chi connectivity index (χ1) is 11.5. The van der Waals surface area contributed by atoms with E-state index < -0.39 is 23.3 Å². The summed E-state index contributed by atoms with van der Waals surface area (Å²) in [5.74, 6) is -1.99. The zero-order valence-electron chi connectivity index (χ0n) is 16.5. The molecule has 0 aromatic heterocycles. The van der Waals surface area contributed by atoms with Crippen LogP contribution in [0.15, 0.2) is 0 Å². The second-order valence-electron chi connectivity index (χ2n) is 7.53. The van der Waals surface area contributed by atoms with Crippen LogP contribution in [0.2, 0.25) is 0 Å². The van der Waals surface area contributed by atoms with Crippen molar-refractivity contribution in [1.82, 2.24) is 0 Å². The molecule has 0 heterocycles. The zero-order valence-corrected chi connectivity index (χ0v) is 16.5. The Labute approximate surface area is 151 Å². The van der Waals surface area contributed by atoms with Crippen molar-refractivity contribution in [3.05, 3.63) is 0 Å². The van der Waals surface area contributed by atoms with Gasteiger partial charge in [-0.3, -0.25) is 14.4 Å². The fourth-order valence-corrected chi connectivity index (χ4v) is 2.61. The Morgan fingerprint density at radius 1 is 0.960 bits per heavy atom. The average molecular weight is 358 g/mol. The van der Waals surface area contributed by atoms with Gasteiger partial charge in [0.15, 0.2) is 0 Å². The summed E-state index contributed by atoms with van der Waals surface area (Å²) in [7, 11) is 0. The number of carboxylic acid groups (broad SMARTS) is 1. The number of hydrogen-bond acceptors (Lipinski definition) is 5. The van der Waals surface area contributed by atoms with Crippen molar-refractivity contribution in [1.29, 1.82) is 0 Å². The van der Waals surface area contributed by atoms with Gasteiger partial charge < -0.3 is 14.6 Å². The Kier molecular flexibility index (Phi) is 10.4. The van der Waals surface area contributed by atoms with Gasteiger partial charge in [0.1, 0.15) is 13.2 Å². The van der Waals surface area contributed by atoms with Crippen molar-refractivity contribution in [3.63, 3.8) is 0 Å². The van der Waals surface area contributed by atoms with Gasteiger partial charge >= 0.3 is 17.9 Å². The largest absolute Gasteiger partial charge is 0.481 e. The quantitative estimate of drug-likeness (QED) is 0.423. The lowest BCUT2D eigenvalue weighted by Gasteiger charge is -2.27. The van der Waals surface area contributed by atoms with E-state index in [-0.39, 0.29) is 25.1 Å². The highest BCUT2D eigenvalue weighted by atomic mass is 16.6. The maximum Gasteiger partial charge on any atom is 0.311 e. The van der Waals surface area contributed by atoms with Gasteiger partial charge in [0.25, 0.3) is 0 Å². The van der Waals surface area contributed by atoms with Crippen LogP contribution in [0, 0.1) is 23.2 Å². The van der Waals surface area contributed by atoms with Crippen LogP contribution in [0.5, 0.6) is 0 Å². The lowest BCUT2D eigenvalue weighted by Crippen LogP contribution is -2.32. The molecular weight excluding hydrogens is 324 g/mol. The minimum absolute atomic E-state index is 0.0187. The normalized spacial score (nSPS) is 16.0. The van der Waals surface area contributed by atoms with E-state index in [1.807, 2.05) is 13.8 Å². The summed E-state index contributed by atoms with van der Waals surface area (Å²) in [5.41, 5.74) is -0.515. The van der Waals surface area contributed by atoms with Crippen molar-refractivity contribution < 1.29 is 29.0 Å². The molecule has 0 saturated heterocycles. The molecule has 0 aliphatic carbocycles. The second kappa shape index (κ2) is 11.1. The minimum Gasteiger partial charge on any atom is -0.481 e. The molecule has 6 heteroatoms. The Morgan fingerprint density at radius 2 is 1.48 bits per heavy atom. The number of carbonyl (C=O) groups is 3. The molecule has 146 valence electrons. The van der Waals surface area contributed by atoms with Crippen LogP contribution in [0.25, 0.3) is 0 Å². The van der Waals surface area contributed by atoms with Crippen LogP contribution in [-0.4, -0.2) is 36.2 Å². The first kappa shape index (κ1) is 23.4. The molecule has 0 aromatic rings. The second-order valence-corrected chi connectivity index (χ2v) is 7.53. The van der Waals surface area contributed by atoms with Crippen LogP contribution in [-0.2, 0) is 23.9 Å². The number of carbonyl (C=O) groups excluding carboxylic acids is 2. The monoisotopic (exact) mass is 358 g/mol. The smallest absolute Gasteiger partial charge is 0.311 e. The third-order valence-corrected chi connectivity index (χ3v) is 4.55. The van der Waals surface area contributed by atoms with E-state index in [1.54, 1.807) is 13.8 Å². The molecule has 0 fully saturated rings.